The molecule has 1 spiro atoms. The number of hydrogen-bond donors (Lipinski definition) is 1. The standard InChI is InChI=1S/C35H27N3O5/c1-20-11-13-22(14-12-20)32(39)30-31(33(40)23-15-17-24(18-16-23)38(42)43)37-28-10-6-3-7-25(28)21(2)19-29(37)35(30)26-8-4-5-9-27(26)36-34(35)41/h3-19,29-31H,1-2H3,(H,36,41)/t29-,30+,31+,35-/m1/s1. The van der Waals surface area contributed by atoms with Crippen LogP contribution in [0.3, 0.4) is 0 Å². The number of nitrogens with zero attached hydrogens (tertiary/aromatic N) is 2. The van der Waals surface area contributed by atoms with E-state index in [1.165, 1.54) is 24.3 Å². The minimum atomic E-state index is -1.42. The summed E-state index contributed by atoms with van der Waals surface area (Å²) in [6.07, 6.45) is 2.00. The van der Waals surface area contributed by atoms with Crippen LogP contribution < -0.4 is 10.2 Å². The molecule has 1 N–H and O–H groups in total. The van der Waals surface area contributed by atoms with Crippen LogP contribution in [0.5, 0.6) is 0 Å². The lowest BCUT2D eigenvalue weighted by molar-refractivity contribution is -0.384. The van der Waals surface area contributed by atoms with E-state index in [1.807, 2.05) is 85.5 Å². The minimum absolute atomic E-state index is 0.143. The Morgan fingerprint density at radius 2 is 1.47 bits per heavy atom. The molecule has 3 aliphatic rings. The van der Waals surface area contributed by atoms with Gasteiger partial charge in [-0.05, 0) is 49.2 Å². The minimum Gasteiger partial charge on any atom is -0.352 e. The molecule has 3 aliphatic heterocycles. The molecule has 8 heteroatoms. The van der Waals surface area contributed by atoms with Gasteiger partial charge in [0.2, 0.25) is 5.91 Å². The largest absolute Gasteiger partial charge is 0.352 e. The molecule has 0 bridgehead atoms. The maximum Gasteiger partial charge on any atom is 0.269 e. The van der Waals surface area contributed by atoms with E-state index in [1.54, 1.807) is 12.1 Å². The van der Waals surface area contributed by atoms with Crippen LogP contribution in [0.2, 0.25) is 0 Å². The highest BCUT2D eigenvalue weighted by Crippen LogP contribution is 2.58. The van der Waals surface area contributed by atoms with Gasteiger partial charge in [-0.1, -0.05) is 72.3 Å². The molecule has 0 radical (unpaired) electrons. The summed E-state index contributed by atoms with van der Waals surface area (Å²) < 4.78 is 0. The number of amides is 1. The van der Waals surface area contributed by atoms with Crippen molar-refractivity contribution in [3.05, 3.63) is 141 Å². The first-order valence-electron chi connectivity index (χ1n) is 14.1. The fourth-order valence-electron chi connectivity index (χ4n) is 7.20. The number of carbonyl (C=O) groups is 3. The van der Waals surface area contributed by atoms with E-state index in [2.05, 4.69) is 5.32 Å². The zero-order chi connectivity index (χ0) is 30.0. The lowest BCUT2D eigenvalue weighted by atomic mass is 9.64. The lowest BCUT2D eigenvalue weighted by Crippen LogP contribution is -2.51. The number of para-hydroxylation sites is 2. The van der Waals surface area contributed by atoms with Crippen molar-refractivity contribution in [2.75, 3.05) is 10.2 Å². The van der Waals surface area contributed by atoms with Gasteiger partial charge >= 0.3 is 0 Å². The predicted octanol–water partition coefficient (Wildman–Crippen LogP) is 6.15. The number of rotatable bonds is 5. The summed E-state index contributed by atoms with van der Waals surface area (Å²) in [6, 6.07) is 25.9. The molecule has 1 fully saturated rings. The number of fused-ring (bicyclic) bond motifs is 6. The highest BCUT2D eigenvalue weighted by atomic mass is 16.6. The topological polar surface area (TPSA) is 110 Å². The Bertz CT molecular complexity index is 1880. The van der Waals surface area contributed by atoms with E-state index in [0.29, 0.717) is 16.8 Å². The summed E-state index contributed by atoms with van der Waals surface area (Å²) >= 11 is 0. The Morgan fingerprint density at radius 3 is 2.19 bits per heavy atom. The van der Waals surface area contributed by atoms with Crippen LogP contribution in [0, 0.1) is 23.0 Å². The average Bonchev–Trinajstić information content (AvgIpc) is 3.49. The van der Waals surface area contributed by atoms with Crippen LogP contribution in [0.25, 0.3) is 5.57 Å². The highest BCUT2D eigenvalue weighted by Gasteiger charge is 2.70. The van der Waals surface area contributed by atoms with Gasteiger partial charge < -0.3 is 10.2 Å². The first-order chi connectivity index (χ1) is 20.7. The number of nitrogens with one attached hydrogen (secondary N) is 1. The number of benzene rings is 4. The molecule has 0 aliphatic carbocycles. The van der Waals surface area contributed by atoms with Gasteiger partial charge in [0, 0.05) is 40.2 Å². The number of non-ortho nitro benzene ring substituents is 1. The maximum atomic E-state index is 14.8. The van der Waals surface area contributed by atoms with E-state index in [4.69, 9.17) is 0 Å². The van der Waals surface area contributed by atoms with Gasteiger partial charge in [-0.25, -0.2) is 0 Å². The average molecular weight is 570 g/mol. The smallest absolute Gasteiger partial charge is 0.269 e. The molecular formula is C35H27N3O5. The van der Waals surface area contributed by atoms with Crippen molar-refractivity contribution >= 4 is 40.1 Å². The molecule has 4 aromatic rings. The molecule has 1 saturated heterocycles. The van der Waals surface area contributed by atoms with Gasteiger partial charge in [0.25, 0.3) is 5.69 Å². The Morgan fingerprint density at radius 1 is 0.837 bits per heavy atom. The maximum absolute atomic E-state index is 14.8. The van der Waals surface area contributed by atoms with E-state index >= 15 is 0 Å². The zero-order valence-electron chi connectivity index (χ0n) is 23.5. The molecule has 43 heavy (non-hydrogen) atoms. The van der Waals surface area contributed by atoms with Gasteiger partial charge in [-0.3, -0.25) is 24.5 Å². The first-order valence-corrected chi connectivity index (χ1v) is 14.1. The van der Waals surface area contributed by atoms with E-state index in [-0.39, 0.29) is 28.7 Å². The van der Waals surface area contributed by atoms with Crippen LogP contribution in [0.15, 0.2) is 103 Å². The van der Waals surface area contributed by atoms with E-state index in [9.17, 15) is 24.5 Å². The molecule has 7 rings (SSSR count). The zero-order valence-corrected chi connectivity index (χ0v) is 23.5. The summed E-state index contributed by atoms with van der Waals surface area (Å²) in [5.74, 6) is -2.15. The Balaban J connectivity index is 1.53. The summed E-state index contributed by atoms with van der Waals surface area (Å²) in [4.78, 5) is 56.8. The van der Waals surface area contributed by atoms with E-state index in [0.717, 1.165) is 22.4 Å². The number of nitro benzene ring substituents is 1. The highest BCUT2D eigenvalue weighted by molar-refractivity contribution is 6.18. The third kappa shape index (κ3) is 3.72. The SMILES string of the molecule is CC1=C[C@H]2N(c3ccccc31)[C@H](C(=O)c1ccc([N+](=O)[O-])cc1)[C@@H](C(=O)c1ccc(C)cc1)[C@]21C(=O)Nc2ccccc21. The number of nitro groups is 1. The molecule has 4 aromatic carbocycles. The summed E-state index contributed by atoms with van der Waals surface area (Å²) in [5.41, 5.74) is 3.93. The van der Waals surface area contributed by atoms with Crippen molar-refractivity contribution in [2.45, 2.75) is 31.3 Å². The molecule has 0 unspecified atom stereocenters. The summed E-state index contributed by atoms with van der Waals surface area (Å²) in [7, 11) is 0. The van der Waals surface area contributed by atoms with Gasteiger partial charge in [-0.15, -0.1) is 0 Å². The molecule has 0 saturated carbocycles. The van der Waals surface area contributed by atoms with Crippen LogP contribution in [-0.2, 0) is 10.2 Å². The number of carbonyl (C=O) groups excluding carboxylic acids is 3. The Labute approximate surface area is 247 Å². The quantitative estimate of drug-likeness (QED) is 0.175. The Kier molecular flexibility index (Phi) is 5.92. The fourth-order valence-corrected chi connectivity index (χ4v) is 7.20. The first kappa shape index (κ1) is 26.5. The van der Waals surface area contributed by atoms with Crippen LogP contribution in [0.1, 0.15) is 44.3 Å². The monoisotopic (exact) mass is 569 g/mol. The van der Waals surface area contributed by atoms with Crippen molar-refractivity contribution in [3.8, 4) is 0 Å². The van der Waals surface area contributed by atoms with Crippen molar-refractivity contribution in [1.82, 2.24) is 0 Å². The third-order valence-electron chi connectivity index (χ3n) is 9.13. The van der Waals surface area contributed by atoms with Crippen LogP contribution in [0.4, 0.5) is 17.1 Å². The predicted molar refractivity (Wildman–Crippen MR) is 163 cm³/mol. The number of aryl methyl sites for hydroxylation is 1. The van der Waals surface area contributed by atoms with Gasteiger partial charge in [0.05, 0.1) is 16.9 Å². The number of anilines is 2. The second kappa shape index (κ2) is 9.59. The molecular weight excluding hydrogens is 542 g/mol. The Hall–Kier alpha value is -5.37. The normalized spacial score (nSPS) is 23.2. The van der Waals surface area contributed by atoms with Crippen LogP contribution in [-0.4, -0.2) is 34.5 Å². The molecule has 3 heterocycles. The van der Waals surface area contributed by atoms with Gasteiger partial charge in [-0.2, -0.15) is 0 Å². The molecule has 0 aromatic heterocycles. The number of Topliss-reactive ketones (excluding diaryl/α,β-unsaturated/α-hetero) is 2. The second-order valence-corrected chi connectivity index (χ2v) is 11.4. The summed E-state index contributed by atoms with van der Waals surface area (Å²) in [6.45, 7) is 3.91. The third-order valence-corrected chi connectivity index (χ3v) is 9.13. The lowest BCUT2D eigenvalue weighted by Gasteiger charge is -2.39. The fraction of sp³-hybridized carbons (Fsp3) is 0.171. The number of ketones is 2. The molecule has 1 amide bonds. The van der Waals surface area contributed by atoms with Crippen molar-refractivity contribution < 1.29 is 19.3 Å². The van der Waals surface area contributed by atoms with Crippen molar-refractivity contribution in [1.29, 1.82) is 0 Å². The molecule has 8 nitrogen and oxygen atoms in total. The van der Waals surface area contributed by atoms with Crippen molar-refractivity contribution in [3.63, 3.8) is 0 Å². The van der Waals surface area contributed by atoms with Crippen molar-refractivity contribution in [2.24, 2.45) is 5.92 Å². The van der Waals surface area contributed by atoms with Crippen LogP contribution >= 0.6 is 0 Å². The summed E-state index contributed by atoms with van der Waals surface area (Å²) in [5, 5.41) is 14.4. The number of hydrogen-bond acceptors (Lipinski definition) is 6. The van der Waals surface area contributed by atoms with Gasteiger partial charge in [0.1, 0.15) is 11.5 Å². The van der Waals surface area contributed by atoms with Gasteiger partial charge in [0.15, 0.2) is 11.6 Å². The van der Waals surface area contributed by atoms with E-state index < -0.39 is 28.3 Å². The second-order valence-electron chi connectivity index (χ2n) is 11.4. The molecule has 212 valence electrons. The number of allylic oxidation sites excluding steroid dienone is 1. The molecule has 4 atom stereocenters.